The lowest BCUT2D eigenvalue weighted by atomic mass is 10.1. The minimum atomic E-state index is -0.186. The van der Waals surface area contributed by atoms with Crippen molar-refractivity contribution in [1.82, 2.24) is 4.98 Å². The van der Waals surface area contributed by atoms with Crippen LogP contribution in [0.2, 0.25) is 0 Å². The fourth-order valence-electron chi connectivity index (χ4n) is 2.93. The first-order valence-electron chi connectivity index (χ1n) is 9.22. The van der Waals surface area contributed by atoms with Crippen LogP contribution in [0.15, 0.2) is 60.8 Å². The highest BCUT2D eigenvalue weighted by molar-refractivity contribution is 6.05. The third-order valence-corrected chi connectivity index (χ3v) is 4.57. The Hall–Kier alpha value is -3.47. The van der Waals surface area contributed by atoms with Crippen LogP contribution < -0.4 is 10.6 Å². The van der Waals surface area contributed by atoms with Crippen molar-refractivity contribution in [3.8, 4) is 0 Å². The Labute approximate surface area is 164 Å². The maximum absolute atomic E-state index is 12.6. The van der Waals surface area contributed by atoms with Gasteiger partial charge < -0.3 is 10.6 Å². The number of amides is 1. The number of pyridine rings is 1. The maximum Gasteiger partial charge on any atom is 0.257 e. The zero-order valence-electron chi connectivity index (χ0n) is 16.2. The molecule has 1 heterocycles. The largest absolute Gasteiger partial charge is 0.340 e. The number of benzene rings is 2. The standard InChI is InChI=1S/C23H23N3O2/c1-4-17-7-5-6-15(2)22(17)26-23(28)19-10-13-21(24-14-19)25-20-11-8-18(9-12-20)16(3)27/h5-14H,4H2,1-3H3,(H,24,25)(H,26,28). The molecule has 0 aliphatic heterocycles. The minimum absolute atomic E-state index is 0.0277. The Morgan fingerprint density at radius 3 is 2.29 bits per heavy atom. The molecule has 0 aliphatic carbocycles. The quantitative estimate of drug-likeness (QED) is 0.586. The topological polar surface area (TPSA) is 71.1 Å². The summed E-state index contributed by atoms with van der Waals surface area (Å²) < 4.78 is 0. The lowest BCUT2D eigenvalue weighted by Gasteiger charge is -2.13. The summed E-state index contributed by atoms with van der Waals surface area (Å²) in [5.74, 6) is 0.464. The monoisotopic (exact) mass is 373 g/mol. The molecule has 28 heavy (non-hydrogen) atoms. The van der Waals surface area contributed by atoms with Gasteiger partial charge in [-0.15, -0.1) is 0 Å². The number of hydrogen-bond donors (Lipinski definition) is 2. The van der Waals surface area contributed by atoms with Gasteiger partial charge in [-0.2, -0.15) is 0 Å². The first-order chi connectivity index (χ1) is 13.5. The Morgan fingerprint density at radius 2 is 1.68 bits per heavy atom. The predicted molar refractivity (Wildman–Crippen MR) is 112 cm³/mol. The highest BCUT2D eigenvalue weighted by Gasteiger charge is 2.11. The van der Waals surface area contributed by atoms with Crippen LogP contribution in [0.25, 0.3) is 0 Å². The molecule has 3 rings (SSSR count). The number of nitrogens with one attached hydrogen (secondary N) is 2. The molecule has 5 nitrogen and oxygen atoms in total. The average Bonchev–Trinajstić information content (AvgIpc) is 2.70. The molecule has 0 fully saturated rings. The molecule has 5 heteroatoms. The van der Waals surface area contributed by atoms with Gasteiger partial charge in [-0.3, -0.25) is 9.59 Å². The van der Waals surface area contributed by atoms with Crippen LogP contribution in [0.4, 0.5) is 17.2 Å². The number of rotatable bonds is 6. The summed E-state index contributed by atoms with van der Waals surface area (Å²) in [4.78, 5) is 28.3. The van der Waals surface area contributed by atoms with Gasteiger partial charge in [0, 0.05) is 23.1 Å². The number of carbonyl (C=O) groups excluding carboxylic acids is 2. The molecule has 0 unspecified atom stereocenters. The number of hydrogen-bond acceptors (Lipinski definition) is 4. The Balaban J connectivity index is 1.70. The van der Waals surface area contributed by atoms with Gasteiger partial charge in [0.05, 0.1) is 5.56 Å². The van der Waals surface area contributed by atoms with Crippen LogP contribution in [-0.2, 0) is 6.42 Å². The molecule has 1 amide bonds. The van der Waals surface area contributed by atoms with Crippen LogP contribution in [0.3, 0.4) is 0 Å². The van der Waals surface area contributed by atoms with Crippen molar-refractivity contribution in [3.63, 3.8) is 0 Å². The molecule has 0 radical (unpaired) electrons. The Bertz CT molecular complexity index is 993. The molecule has 3 aromatic rings. The highest BCUT2D eigenvalue weighted by Crippen LogP contribution is 2.22. The summed E-state index contributed by atoms with van der Waals surface area (Å²) in [5.41, 5.74) is 4.97. The molecular weight excluding hydrogens is 350 g/mol. The Kier molecular flexibility index (Phi) is 5.84. The smallest absolute Gasteiger partial charge is 0.257 e. The lowest BCUT2D eigenvalue weighted by Crippen LogP contribution is -2.14. The van der Waals surface area contributed by atoms with Gasteiger partial charge in [0.25, 0.3) is 5.91 Å². The molecule has 0 aliphatic rings. The summed E-state index contributed by atoms with van der Waals surface area (Å²) in [5, 5.41) is 6.16. The molecule has 0 saturated carbocycles. The van der Waals surface area contributed by atoms with E-state index in [1.165, 1.54) is 6.92 Å². The van der Waals surface area contributed by atoms with Gasteiger partial charge in [-0.05, 0) is 67.8 Å². The molecule has 0 spiro atoms. The fourth-order valence-corrected chi connectivity index (χ4v) is 2.93. The number of aromatic nitrogens is 1. The first kappa shape index (κ1) is 19.3. The van der Waals surface area contributed by atoms with Crippen LogP contribution in [0, 0.1) is 6.92 Å². The zero-order valence-corrected chi connectivity index (χ0v) is 16.2. The van der Waals surface area contributed by atoms with E-state index in [1.54, 1.807) is 30.5 Å². The fraction of sp³-hybridized carbons (Fsp3) is 0.174. The van der Waals surface area contributed by atoms with Gasteiger partial charge >= 0.3 is 0 Å². The van der Waals surface area contributed by atoms with Gasteiger partial charge in [0.2, 0.25) is 0 Å². The molecule has 142 valence electrons. The number of anilines is 3. The van der Waals surface area contributed by atoms with Gasteiger partial charge in [0.1, 0.15) is 5.82 Å². The van der Waals surface area contributed by atoms with E-state index in [9.17, 15) is 9.59 Å². The third kappa shape index (κ3) is 4.43. The average molecular weight is 373 g/mol. The van der Waals surface area contributed by atoms with E-state index in [2.05, 4.69) is 22.5 Å². The van der Waals surface area contributed by atoms with Crippen LogP contribution in [0.5, 0.6) is 0 Å². The number of nitrogens with zero attached hydrogens (tertiary/aromatic N) is 1. The van der Waals surface area contributed by atoms with Crippen molar-refractivity contribution >= 4 is 28.9 Å². The first-order valence-corrected chi connectivity index (χ1v) is 9.22. The molecule has 0 saturated heterocycles. The van der Waals surface area contributed by atoms with Crippen LogP contribution in [-0.4, -0.2) is 16.7 Å². The highest BCUT2D eigenvalue weighted by atomic mass is 16.1. The second-order valence-electron chi connectivity index (χ2n) is 6.61. The predicted octanol–water partition coefficient (Wildman–Crippen LogP) is 5.15. The number of ketones is 1. The van der Waals surface area contributed by atoms with E-state index in [-0.39, 0.29) is 11.7 Å². The summed E-state index contributed by atoms with van der Waals surface area (Å²) >= 11 is 0. The number of aryl methyl sites for hydroxylation is 2. The summed E-state index contributed by atoms with van der Waals surface area (Å²) in [6.07, 6.45) is 2.40. The molecule has 0 bridgehead atoms. The molecule has 2 aromatic carbocycles. The van der Waals surface area contributed by atoms with E-state index < -0.39 is 0 Å². The minimum Gasteiger partial charge on any atom is -0.340 e. The van der Waals surface area contributed by atoms with Crippen molar-refractivity contribution in [2.24, 2.45) is 0 Å². The lowest BCUT2D eigenvalue weighted by molar-refractivity contribution is 0.101. The maximum atomic E-state index is 12.6. The van der Waals surface area contributed by atoms with Gasteiger partial charge in [0.15, 0.2) is 5.78 Å². The molecule has 0 atom stereocenters. The number of carbonyl (C=O) groups is 2. The van der Waals surface area contributed by atoms with Gasteiger partial charge in [-0.1, -0.05) is 25.1 Å². The van der Waals surface area contributed by atoms with Crippen molar-refractivity contribution in [3.05, 3.63) is 83.0 Å². The van der Waals surface area contributed by atoms with Crippen LogP contribution >= 0.6 is 0 Å². The van der Waals surface area contributed by atoms with Crippen molar-refractivity contribution in [1.29, 1.82) is 0 Å². The molecule has 2 N–H and O–H groups in total. The number of Topliss-reactive ketones (excluding diaryl/α,β-unsaturated/α-hetero) is 1. The summed E-state index contributed by atoms with van der Waals surface area (Å²) in [6, 6.07) is 16.7. The zero-order chi connectivity index (χ0) is 20.1. The summed E-state index contributed by atoms with van der Waals surface area (Å²) in [7, 11) is 0. The van der Waals surface area contributed by atoms with Crippen molar-refractivity contribution in [2.75, 3.05) is 10.6 Å². The van der Waals surface area contributed by atoms with E-state index in [0.29, 0.717) is 16.9 Å². The van der Waals surface area contributed by atoms with E-state index in [4.69, 9.17) is 0 Å². The van der Waals surface area contributed by atoms with Crippen LogP contribution in [0.1, 0.15) is 45.7 Å². The SMILES string of the molecule is CCc1cccc(C)c1NC(=O)c1ccc(Nc2ccc(C(C)=O)cc2)nc1. The molecule has 1 aromatic heterocycles. The van der Waals surface area contributed by atoms with E-state index >= 15 is 0 Å². The normalized spacial score (nSPS) is 10.4. The van der Waals surface area contributed by atoms with Crippen molar-refractivity contribution in [2.45, 2.75) is 27.2 Å². The number of para-hydroxylation sites is 1. The van der Waals surface area contributed by atoms with Crippen molar-refractivity contribution < 1.29 is 9.59 Å². The second kappa shape index (κ2) is 8.48. The molecular formula is C23H23N3O2. The Morgan fingerprint density at radius 1 is 0.964 bits per heavy atom. The van der Waals surface area contributed by atoms with Gasteiger partial charge in [-0.25, -0.2) is 4.98 Å². The second-order valence-corrected chi connectivity index (χ2v) is 6.61. The third-order valence-electron chi connectivity index (χ3n) is 4.57. The van der Waals surface area contributed by atoms with E-state index in [1.807, 2.05) is 37.3 Å². The van der Waals surface area contributed by atoms with E-state index in [0.717, 1.165) is 28.9 Å². The summed E-state index contributed by atoms with van der Waals surface area (Å²) in [6.45, 7) is 5.58.